The van der Waals surface area contributed by atoms with Crippen LogP contribution in [0.15, 0.2) is 47.1 Å². The highest BCUT2D eigenvalue weighted by atomic mass is 16.5. The zero-order chi connectivity index (χ0) is 13.8. The number of aryl methyl sites for hydroxylation is 1. The van der Waals surface area contributed by atoms with Gasteiger partial charge in [0.1, 0.15) is 0 Å². The van der Waals surface area contributed by atoms with Gasteiger partial charge in [0.25, 0.3) is 0 Å². The fraction of sp³-hybridized carbons (Fsp3) is 0.214. The van der Waals surface area contributed by atoms with E-state index in [4.69, 9.17) is 4.52 Å². The Bertz CT molecular complexity index is 674. The van der Waals surface area contributed by atoms with E-state index in [2.05, 4.69) is 20.6 Å². The third-order valence-electron chi connectivity index (χ3n) is 2.82. The summed E-state index contributed by atoms with van der Waals surface area (Å²) in [7, 11) is 0. The minimum Gasteiger partial charge on any atom is -0.338 e. The number of nitrogens with zero attached hydrogens (tertiary/aromatic N) is 4. The minimum absolute atomic E-state index is 0.541. The zero-order valence-corrected chi connectivity index (χ0v) is 11.2. The van der Waals surface area contributed by atoms with Crippen molar-refractivity contribution in [1.82, 2.24) is 25.2 Å². The predicted octanol–water partition coefficient (Wildman–Crippen LogP) is 1.85. The van der Waals surface area contributed by atoms with Crippen molar-refractivity contribution in [3.05, 3.63) is 60.0 Å². The van der Waals surface area contributed by atoms with Crippen LogP contribution < -0.4 is 5.32 Å². The molecule has 0 bridgehead atoms. The molecule has 1 aromatic carbocycles. The first kappa shape index (κ1) is 12.6. The van der Waals surface area contributed by atoms with Gasteiger partial charge in [-0.2, -0.15) is 10.1 Å². The quantitative estimate of drug-likeness (QED) is 0.765. The molecule has 0 saturated heterocycles. The second-order valence-corrected chi connectivity index (χ2v) is 4.43. The maximum absolute atomic E-state index is 5.03. The Kier molecular flexibility index (Phi) is 3.56. The molecule has 0 saturated carbocycles. The van der Waals surface area contributed by atoms with E-state index in [9.17, 15) is 0 Å². The molecule has 6 nitrogen and oxygen atoms in total. The first-order valence-corrected chi connectivity index (χ1v) is 6.41. The molecule has 0 aliphatic carbocycles. The van der Waals surface area contributed by atoms with Gasteiger partial charge in [-0.1, -0.05) is 23.4 Å². The number of nitrogens with one attached hydrogen (secondary N) is 1. The molecule has 3 rings (SSSR count). The summed E-state index contributed by atoms with van der Waals surface area (Å²) in [4.78, 5) is 4.13. The van der Waals surface area contributed by atoms with Crippen LogP contribution in [0.4, 0.5) is 0 Å². The highest BCUT2D eigenvalue weighted by Gasteiger charge is 2.04. The smallest absolute Gasteiger partial charge is 0.240 e. The summed E-state index contributed by atoms with van der Waals surface area (Å²) in [6.45, 7) is 2.99. The van der Waals surface area contributed by atoms with E-state index in [0.717, 1.165) is 11.4 Å². The van der Waals surface area contributed by atoms with E-state index in [0.29, 0.717) is 24.8 Å². The molecular formula is C14H15N5O. The van der Waals surface area contributed by atoms with Gasteiger partial charge in [0.05, 0.1) is 17.9 Å². The van der Waals surface area contributed by atoms with E-state index in [-0.39, 0.29) is 0 Å². The number of hydrogen-bond acceptors (Lipinski definition) is 5. The predicted molar refractivity (Wildman–Crippen MR) is 73.1 cm³/mol. The van der Waals surface area contributed by atoms with E-state index in [1.165, 1.54) is 0 Å². The van der Waals surface area contributed by atoms with Crippen LogP contribution >= 0.6 is 0 Å². The molecule has 0 radical (unpaired) electrons. The van der Waals surface area contributed by atoms with Crippen LogP contribution in [0, 0.1) is 6.92 Å². The molecule has 2 aromatic heterocycles. The maximum atomic E-state index is 5.03. The Morgan fingerprint density at radius 1 is 1.15 bits per heavy atom. The molecule has 0 fully saturated rings. The summed E-state index contributed by atoms with van der Waals surface area (Å²) in [6, 6.07) is 12.0. The van der Waals surface area contributed by atoms with Gasteiger partial charge < -0.3 is 9.84 Å². The average molecular weight is 269 g/mol. The molecule has 3 aromatic rings. The number of aromatic nitrogens is 4. The standard InChI is InChI=1S/C14H15N5O/c1-11-16-14(20-18-11)10-15-9-12-7-8-19(17-12)13-5-3-2-4-6-13/h2-8,15H,9-10H2,1H3. The largest absolute Gasteiger partial charge is 0.338 e. The third kappa shape index (κ3) is 2.92. The van der Waals surface area contributed by atoms with Crippen molar-refractivity contribution in [2.24, 2.45) is 0 Å². The summed E-state index contributed by atoms with van der Waals surface area (Å²) >= 11 is 0. The monoisotopic (exact) mass is 269 g/mol. The summed E-state index contributed by atoms with van der Waals surface area (Å²) < 4.78 is 6.88. The van der Waals surface area contributed by atoms with Crippen molar-refractivity contribution >= 4 is 0 Å². The fourth-order valence-electron chi connectivity index (χ4n) is 1.89. The summed E-state index contributed by atoms with van der Waals surface area (Å²) in [5.41, 5.74) is 2.01. The van der Waals surface area contributed by atoms with Gasteiger partial charge in [0.15, 0.2) is 5.82 Å². The molecule has 0 unspecified atom stereocenters. The van der Waals surface area contributed by atoms with Crippen molar-refractivity contribution in [2.75, 3.05) is 0 Å². The van der Waals surface area contributed by atoms with Gasteiger partial charge in [0.2, 0.25) is 5.89 Å². The molecule has 6 heteroatoms. The number of benzene rings is 1. The van der Waals surface area contributed by atoms with Crippen molar-refractivity contribution in [1.29, 1.82) is 0 Å². The molecule has 102 valence electrons. The Morgan fingerprint density at radius 3 is 2.75 bits per heavy atom. The molecule has 0 aliphatic heterocycles. The number of para-hydroxylation sites is 1. The Hall–Kier alpha value is -2.47. The average Bonchev–Trinajstić information content (AvgIpc) is 3.09. The van der Waals surface area contributed by atoms with Gasteiger partial charge >= 0.3 is 0 Å². The topological polar surface area (TPSA) is 68.8 Å². The van der Waals surface area contributed by atoms with E-state index >= 15 is 0 Å². The van der Waals surface area contributed by atoms with Crippen LogP contribution in [-0.4, -0.2) is 19.9 Å². The van der Waals surface area contributed by atoms with Crippen LogP contribution in [0.3, 0.4) is 0 Å². The zero-order valence-electron chi connectivity index (χ0n) is 11.2. The SMILES string of the molecule is Cc1noc(CNCc2ccn(-c3ccccc3)n2)n1. The van der Waals surface area contributed by atoms with Gasteiger partial charge in [-0.05, 0) is 25.1 Å². The van der Waals surface area contributed by atoms with Crippen molar-refractivity contribution in [2.45, 2.75) is 20.0 Å². The van der Waals surface area contributed by atoms with Crippen LogP contribution in [0.25, 0.3) is 5.69 Å². The van der Waals surface area contributed by atoms with Gasteiger partial charge in [-0.3, -0.25) is 0 Å². The van der Waals surface area contributed by atoms with Gasteiger partial charge in [0, 0.05) is 12.7 Å². The van der Waals surface area contributed by atoms with Crippen molar-refractivity contribution in [3.63, 3.8) is 0 Å². The molecular weight excluding hydrogens is 254 g/mol. The second kappa shape index (κ2) is 5.66. The maximum Gasteiger partial charge on any atom is 0.240 e. The Morgan fingerprint density at radius 2 is 2.00 bits per heavy atom. The van der Waals surface area contributed by atoms with Gasteiger partial charge in [-0.25, -0.2) is 4.68 Å². The van der Waals surface area contributed by atoms with Gasteiger partial charge in [-0.15, -0.1) is 0 Å². The number of hydrogen-bond donors (Lipinski definition) is 1. The summed E-state index contributed by atoms with van der Waals surface area (Å²) in [5.74, 6) is 1.24. The fourth-order valence-corrected chi connectivity index (χ4v) is 1.89. The molecule has 0 amide bonds. The third-order valence-corrected chi connectivity index (χ3v) is 2.82. The van der Waals surface area contributed by atoms with Crippen LogP contribution in [-0.2, 0) is 13.1 Å². The summed E-state index contributed by atoms with van der Waals surface area (Å²) in [5, 5.41) is 11.5. The Balaban J connectivity index is 1.58. The molecule has 0 spiro atoms. The molecule has 2 heterocycles. The van der Waals surface area contributed by atoms with E-state index in [1.807, 2.05) is 47.3 Å². The molecule has 0 atom stereocenters. The lowest BCUT2D eigenvalue weighted by Gasteiger charge is -2.00. The first-order chi connectivity index (χ1) is 9.81. The molecule has 0 aliphatic rings. The normalized spacial score (nSPS) is 10.8. The molecule has 20 heavy (non-hydrogen) atoms. The summed E-state index contributed by atoms with van der Waals surface area (Å²) in [6.07, 6.45) is 1.95. The Labute approximate surface area is 116 Å². The van der Waals surface area contributed by atoms with E-state index in [1.54, 1.807) is 6.92 Å². The lowest BCUT2D eigenvalue weighted by atomic mass is 10.3. The minimum atomic E-state index is 0.541. The van der Waals surface area contributed by atoms with Crippen molar-refractivity contribution < 1.29 is 4.52 Å². The molecule has 1 N–H and O–H groups in total. The lowest BCUT2D eigenvalue weighted by Crippen LogP contribution is -2.13. The second-order valence-electron chi connectivity index (χ2n) is 4.43. The van der Waals surface area contributed by atoms with Crippen LogP contribution in [0.2, 0.25) is 0 Å². The first-order valence-electron chi connectivity index (χ1n) is 6.41. The highest BCUT2D eigenvalue weighted by Crippen LogP contribution is 2.06. The van der Waals surface area contributed by atoms with Crippen LogP contribution in [0.5, 0.6) is 0 Å². The number of rotatable bonds is 5. The lowest BCUT2D eigenvalue weighted by molar-refractivity contribution is 0.363. The highest BCUT2D eigenvalue weighted by molar-refractivity contribution is 5.30. The van der Waals surface area contributed by atoms with E-state index < -0.39 is 0 Å². The van der Waals surface area contributed by atoms with Crippen molar-refractivity contribution in [3.8, 4) is 5.69 Å². The van der Waals surface area contributed by atoms with Crippen LogP contribution in [0.1, 0.15) is 17.4 Å².